The zero-order valence-corrected chi connectivity index (χ0v) is 34.5. The number of thioether (sulfide) groups is 2. The van der Waals surface area contributed by atoms with Gasteiger partial charge in [0.05, 0.1) is 25.0 Å². The Balaban J connectivity index is 1.21. The van der Waals surface area contributed by atoms with Gasteiger partial charge in [-0.25, -0.2) is 9.59 Å². The smallest absolute Gasteiger partial charge is 0.328 e. The molecule has 2 aromatic carbocycles. The van der Waals surface area contributed by atoms with Crippen molar-refractivity contribution in [3.05, 3.63) is 65.7 Å². The van der Waals surface area contributed by atoms with Gasteiger partial charge in [0.25, 0.3) is 0 Å². The van der Waals surface area contributed by atoms with Crippen molar-refractivity contribution in [2.24, 2.45) is 17.8 Å². The van der Waals surface area contributed by atoms with Crippen molar-refractivity contribution in [2.45, 2.75) is 112 Å². The van der Waals surface area contributed by atoms with E-state index in [1.807, 2.05) is 30.3 Å². The molecule has 8 atom stereocenters. The first-order valence-corrected chi connectivity index (χ1v) is 22.4. The summed E-state index contributed by atoms with van der Waals surface area (Å²) in [6.45, 7) is 0. The maximum atomic E-state index is 14.4. The van der Waals surface area contributed by atoms with E-state index >= 15 is 0 Å². The number of methoxy groups -OCH3 is 2. The molecule has 2 N–H and O–H groups in total. The second-order valence-corrected chi connectivity index (χ2v) is 18.2. The van der Waals surface area contributed by atoms with Crippen LogP contribution >= 0.6 is 23.5 Å². The van der Waals surface area contributed by atoms with Gasteiger partial charge in [0.1, 0.15) is 29.7 Å². The van der Waals surface area contributed by atoms with Crippen molar-refractivity contribution < 1.29 is 43.3 Å². The van der Waals surface area contributed by atoms with Crippen LogP contribution in [0.2, 0.25) is 0 Å². The molecule has 4 fully saturated rings. The summed E-state index contributed by atoms with van der Waals surface area (Å²) in [6, 6.07) is 14.2. The van der Waals surface area contributed by atoms with Gasteiger partial charge in [0, 0.05) is 24.2 Å². The number of piperidine rings is 2. The molecule has 0 saturated carbocycles. The van der Waals surface area contributed by atoms with Gasteiger partial charge in [0.15, 0.2) is 0 Å². The van der Waals surface area contributed by atoms with Gasteiger partial charge in [-0.3, -0.25) is 19.2 Å². The molecule has 0 radical (unpaired) electrons. The average molecular weight is 822 g/mol. The van der Waals surface area contributed by atoms with Gasteiger partial charge in [-0.05, 0) is 112 Å². The third-order valence-corrected chi connectivity index (χ3v) is 14.6. The van der Waals surface area contributed by atoms with Crippen molar-refractivity contribution in [1.29, 1.82) is 0 Å². The molecule has 0 aromatic heterocycles. The van der Waals surface area contributed by atoms with Crippen LogP contribution in [0.3, 0.4) is 0 Å². The summed E-state index contributed by atoms with van der Waals surface area (Å²) < 4.78 is 10.1. The Morgan fingerprint density at radius 2 is 1.26 bits per heavy atom. The van der Waals surface area contributed by atoms with Crippen LogP contribution in [0.25, 0.3) is 0 Å². The number of fused-ring (bicyclic) bond motifs is 2. The van der Waals surface area contributed by atoms with Crippen molar-refractivity contribution in [2.75, 3.05) is 25.7 Å². The lowest BCUT2D eigenvalue weighted by Gasteiger charge is -2.40. The van der Waals surface area contributed by atoms with Crippen LogP contribution in [-0.2, 0) is 51.1 Å². The lowest BCUT2D eigenvalue weighted by atomic mass is 9.82. The number of hydrogen-bond acceptors (Lipinski definition) is 11. The number of phenolic OH excluding ortho intramolecular Hbond substituents is 1. The molecule has 4 aliphatic heterocycles. The predicted molar refractivity (Wildman–Crippen MR) is 218 cm³/mol. The van der Waals surface area contributed by atoms with E-state index in [9.17, 15) is 33.9 Å². The Hall–Kier alpha value is -4.04. The highest BCUT2D eigenvalue weighted by Crippen LogP contribution is 2.38. The van der Waals surface area contributed by atoms with Gasteiger partial charge < -0.3 is 29.7 Å². The van der Waals surface area contributed by atoms with E-state index < -0.39 is 47.8 Å². The van der Waals surface area contributed by atoms with Crippen LogP contribution in [0.5, 0.6) is 5.75 Å². The number of ketones is 1. The molecule has 6 rings (SSSR count). The Bertz CT molecular complexity index is 1740. The zero-order chi connectivity index (χ0) is 40.5. The molecule has 57 heavy (non-hydrogen) atoms. The van der Waals surface area contributed by atoms with Crippen LogP contribution in [0.4, 0.5) is 0 Å². The monoisotopic (exact) mass is 821 g/mol. The second-order valence-electron chi connectivity index (χ2n) is 15.6. The second kappa shape index (κ2) is 20.1. The van der Waals surface area contributed by atoms with Gasteiger partial charge in [0.2, 0.25) is 17.7 Å². The van der Waals surface area contributed by atoms with Gasteiger partial charge >= 0.3 is 11.9 Å². The largest absolute Gasteiger partial charge is 0.508 e. The third kappa shape index (κ3) is 10.5. The van der Waals surface area contributed by atoms with Crippen LogP contribution in [0.1, 0.15) is 81.8 Å². The fraction of sp³-hybridized carbons (Fsp3) is 0.581. The highest BCUT2D eigenvalue weighted by atomic mass is 32.2. The first kappa shape index (κ1) is 42.6. The van der Waals surface area contributed by atoms with E-state index in [4.69, 9.17) is 9.47 Å². The lowest BCUT2D eigenvalue weighted by molar-refractivity contribution is -0.157. The van der Waals surface area contributed by atoms with Crippen molar-refractivity contribution in [3.63, 3.8) is 0 Å². The Morgan fingerprint density at radius 1 is 0.719 bits per heavy atom. The SMILES string of the molecule is COC(=O)[C@@H]1CCC[C@@H]2SCC[C@H](CC(=O)[C@H](CC[C@H](Cc3ccccc3)C(=O)N[C@H]3CCS[C@H]4CCC[C@@H](C(=O)OC)N4C3=O)Cc3ccc(O)cc3)C(=O)N21. The number of amides is 3. The number of phenols is 1. The summed E-state index contributed by atoms with van der Waals surface area (Å²) >= 11 is 3.29. The summed E-state index contributed by atoms with van der Waals surface area (Å²) in [7, 11) is 2.66. The van der Waals surface area contributed by atoms with Gasteiger partial charge in [-0.1, -0.05) is 42.5 Å². The molecule has 0 aliphatic carbocycles. The Kier molecular flexibility index (Phi) is 15.0. The molecule has 14 heteroatoms. The summed E-state index contributed by atoms with van der Waals surface area (Å²) in [5, 5.41) is 12.8. The molecule has 0 spiro atoms. The number of rotatable bonds is 14. The van der Waals surface area contributed by atoms with Gasteiger partial charge in [-0.15, -0.1) is 23.5 Å². The lowest BCUT2D eigenvalue weighted by Crippen LogP contribution is -2.57. The number of esters is 2. The van der Waals surface area contributed by atoms with E-state index in [1.165, 1.54) is 14.2 Å². The highest BCUT2D eigenvalue weighted by molar-refractivity contribution is 8.00. The number of nitrogens with one attached hydrogen (secondary N) is 1. The number of Topliss-reactive ketones (excluding diaryl/α,β-unsaturated/α-hetero) is 1. The van der Waals surface area contributed by atoms with Gasteiger partial charge in [-0.2, -0.15) is 0 Å². The molecule has 3 amide bonds. The standard InChI is InChI=1S/C43H55N3O9S2/c1-54-42(52)34-10-6-12-37-45(34)40(50)31(20-22-56-37)26-36(48)29(24-28-14-18-32(47)19-15-28)16-17-30(25-27-8-4-3-5-9-27)39(49)44-33-21-23-57-38-13-7-11-35(43(53)55-2)46(38)41(33)51/h3-5,8-9,14-15,18-19,29-31,33-35,37-38,47H,6-7,10-13,16-17,20-26H2,1-2H3,(H,44,49)/t29-,30-,31-,33+,34+,35+,37+,38+/m1/s1. The average Bonchev–Trinajstić information content (AvgIpc) is 3.49. The van der Waals surface area contributed by atoms with Crippen LogP contribution < -0.4 is 5.32 Å². The zero-order valence-electron chi connectivity index (χ0n) is 32.8. The third-order valence-electron chi connectivity index (χ3n) is 11.9. The fourth-order valence-electron chi connectivity index (χ4n) is 8.83. The van der Waals surface area contributed by atoms with Crippen LogP contribution in [0.15, 0.2) is 54.6 Å². The number of carbonyl (C=O) groups is 6. The predicted octanol–water partition coefficient (Wildman–Crippen LogP) is 5.28. The Labute approximate surface area is 343 Å². The van der Waals surface area contributed by atoms with E-state index in [2.05, 4.69) is 5.32 Å². The molecule has 4 aliphatic rings. The van der Waals surface area contributed by atoms with Crippen LogP contribution in [-0.4, -0.2) is 105 Å². The number of aromatic hydroxyl groups is 1. The van der Waals surface area contributed by atoms with E-state index in [0.717, 1.165) is 36.8 Å². The normalized spacial score (nSPS) is 26.1. The van der Waals surface area contributed by atoms with E-state index in [0.29, 0.717) is 62.9 Å². The molecule has 0 unspecified atom stereocenters. The number of carbonyl (C=O) groups excluding carboxylic acids is 6. The highest BCUT2D eigenvalue weighted by Gasteiger charge is 2.45. The van der Waals surface area contributed by atoms with Crippen LogP contribution in [0, 0.1) is 17.8 Å². The molecular formula is C43H55N3O9S2. The molecule has 308 valence electrons. The maximum Gasteiger partial charge on any atom is 0.328 e. The van der Waals surface area contributed by atoms with E-state index in [-0.39, 0.29) is 46.4 Å². The molecule has 0 bridgehead atoms. The quantitative estimate of drug-likeness (QED) is 0.239. The summed E-state index contributed by atoms with van der Waals surface area (Å²) in [4.78, 5) is 85.8. The summed E-state index contributed by atoms with van der Waals surface area (Å²) in [6.07, 6.45) is 6.63. The number of ether oxygens (including phenoxy) is 2. The number of hydrogen-bond donors (Lipinski definition) is 2. The molecule has 4 heterocycles. The minimum atomic E-state index is -0.806. The first-order chi connectivity index (χ1) is 27.6. The molecule has 4 saturated heterocycles. The minimum Gasteiger partial charge on any atom is -0.508 e. The van der Waals surface area contributed by atoms with E-state index in [1.54, 1.807) is 57.6 Å². The minimum absolute atomic E-state index is 0.0153. The molecular weight excluding hydrogens is 767 g/mol. The first-order valence-electron chi connectivity index (χ1n) is 20.3. The van der Waals surface area contributed by atoms with Crippen molar-refractivity contribution in [3.8, 4) is 5.75 Å². The molecule has 2 aromatic rings. The summed E-state index contributed by atoms with van der Waals surface area (Å²) in [5.74, 6) is -1.97. The number of nitrogens with zero attached hydrogens (tertiary/aromatic N) is 2. The van der Waals surface area contributed by atoms with Crippen molar-refractivity contribution >= 4 is 59.0 Å². The van der Waals surface area contributed by atoms with Crippen molar-refractivity contribution in [1.82, 2.24) is 15.1 Å². The fourth-order valence-corrected chi connectivity index (χ4v) is 11.7. The molecule has 12 nitrogen and oxygen atoms in total. The Morgan fingerprint density at radius 3 is 1.88 bits per heavy atom. The number of benzene rings is 2. The summed E-state index contributed by atoms with van der Waals surface area (Å²) in [5.41, 5.74) is 1.79. The topological polar surface area (TPSA) is 160 Å². The maximum absolute atomic E-state index is 14.4.